The van der Waals surface area contributed by atoms with E-state index in [2.05, 4.69) is 42.3 Å². The van der Waals surface area contributed by atoms with Gasteiger partial charge in [-0.15, -0.1) is 0 Å². The highest BCUT2D eigenvalue weighted by Gasteiger charge is 2.56. The highest BCUT2D eigenvalue weighted by molar-refractivity contribution is 5.70. The monoisotopic (exact) mass is 338 g/mol. The lowest BCUT2D eigenvalue weighted by Gasteiger charge is -2.57. The van der Waals surface area contributed by atoms with Gasteiger partial charge in [-0.25, -0.2) is 0 Å². The fraction of sp³-hybridized carbons (Fsp3) is 0.682. The van der Waals surface area contributed by atoms with Gasteiger partial charge in [0.25, 0.3) is 0 Å². The SMILES string of the molecule is C[C@]12CC[C@H](O)CC1=CCC1C2CC[C@]2(C)C(c3cc[nH]n3)=CCC12. The van der Waals surface area contributed by atoms with Crippen LogP contribution in [0.2, 0.25) is 0 Å². The first kappa shape index (κ1) is 15.9. The van der Waals surface area contributed by atoms with Gasteiger partial charge in [0.2, 0.25) is 0 Å². The molecule has 25 heavy (non-hydrogen) atoms. The average Bonchev–Trinajstić information content (AvgIpc) is 3.22. The van der Waals surface area contributed by atoms with Crippen LogP contribution >= 0.6 is 0 Å². The summed E-state index contributed by atoms with van der Waals surface area (Å²) in [5.74, 6) is 2.33. The van der Waals surface area contributed by atoms with E-state index >= 15 is 0 Å². The minimum absolute atomic E-state index is 0.107. The summed E-state index contributed by atoms with van der Waals surface area (Å²) >= 11 is 0. The number of allylic oxidation sites excluding steroid dienone is 3. The first-order valence-electron chi connectivity index (χ1n) is 10.1. The molecule has 0 aromatic carbocycles. The minimum Gasteiger partial charge on any atom is -0.393 e. The molecule has 1 heterocycles. The van der Waals surface area contributed by atoms with E-state index in [0.29, 0.717) is 5.41 Å². The van der Waals surface area contributed by atoms with E-state index in [1.165, 1.54) is 37.7 Å². The van der Waals surface area contributed by atoms with Crippen LogP contribution in [0.4, 0.5) is 0 Å². The lowest BCUT2D eigenvalue weighted by atomic mass is 9.47. The van der Waals surface area contributed by atoms with Crippen LogP contribution in [0, 0.1) is 28.6 Å². The molecule has 6 atom stereocenters. The van der Waals surface area contributed by atoms with Crippen molar-refractivity contribution in [3.05, 3.63) is 35.7 Å². The zero-order chi connectivity index (χ0) is 17.2. The van der Waals surface area contributed by atoms with Gasteiger partial charge < -0.3 is 5.11 Å². The molecule has 0 saturated heterocycles. The Bertz CT molecular complexity index is 733. The summed E-state index contributed by atoms with van der Waals surface area (Å²) in [7, 11) is 0. The molecule has 0 bridgehead atoms. The number of aromatic nitrogens is 2. The van der Waals surface area contributed by atoms with E-state index in [4.69, 9.17) is 0 Å². The summed E-state index contributed by atoms with van der Waals surface area (Å²) < 4.78 is 0. The quantitative estimate of drug-likeness (QED) is 0.728. The fourth-order valence-corrected chi connectivity index (χ4v) is 7.02. The molecular weight excluding hydrogens is 308 g/mol. The smallest absolute Gasteiger partial charge is 0.0882 e. The van der Waals surface area contributed by atoms with Crippen LogP contribution in [0.25, 0.3) is 5.57 Å². The summed E-state index contributed by atoms with van der Waals surface area (Å²) in [6.07, 6.45) is 14.9. The number of fused-ring (bicyclic) bond motifs is 5. The first-order valence-corrected chi connectivity index (χ1v) is 10.1. The maximum Gasteiger partial charge on any atom is 0.0882 e. The number of aliphatic hydroxyl groups excluding tert-OH is 1. The third-order valence-electron chi connectivity index (χ3n) is 8.44. The first-order chi connectivity index (χ1) is 12.0. The Kier molecular flexibility index (Phi) is 3.38. The van der Waals surface area contributed by atoms with Crippen LogP contribution in [0.1, 0.15) is 64.5 Å². The van der Waals surface area contributed by atoms with E-state index in [9.17, 15) is 5.11 Å². The second-order valence-corrected chi connectivity index (χ2v) is 9.43. The molecular formula is C22H30N2O. The molecule has 3 heteroatoms. The summed E-state index contributed by atoms with van der Waals surface area (Å²) in [5, 5.41) is 17.6. The standard InChI is InChI=1S/C22H30N2O/c1-21-10-7-15(25)13-14(21)3-4-16-17-5-6-19(20-9-12-23-24-20)22(17,2)11-8-18(16)21/h3,6,9,12,15-18,25H,4-5,7-8,10-11,13H2,1-2H3,(H,23,24)/t15-,16?,17?,18?,21-,22-/m0/s1. The van der Waals surface area contributed by atoms with E-state index in [0.717, 1.165) is 36.3 Å². The number of H-pyrrole nitrogens is 1. The van der Waals surface area contributed by atoms with Crippen molar-refractivity contribution in [2.75, 3.05) is 0 Å². The molecule has 0 amide bonds. The normalized spacial score (nSPS) is 45.9. The number of aromatic amines is 1. The molecule has 3 unspecified atom stereocenters. The highest BCUT2D eigenvalue weighted by atomic mass is 16.3. The third kappa shape index (κ3) is 2.11. The molecule has 0 radical (unpaired) electrons. The van der Waals surface area contributed by atoms with Crippen LogP contribution in [0.15, 0.2) is 30.0 Å². The number of hydrogen-bond donors (Lipinski definition) is 2. The molecule has 1 aromatic heterocycles. The molecule has 2 fully saturated rings. The molecule has 2 N–H and O–H groups in total. The molecule has 134 valence electrons. The number of rotatable bonds is 1. The third-order valence-corrected chi connectivity index (χ3v) is 8.44. The van der Waals surface area contributed by atoms with Gasteiger partial charge in [-0.2, -0.15) is 5.10 Å². The molecule has 3 nitrogen and oxygen atoms in total. The van der Waals surface area contributed by atoms with Crippen LogP contribution < -0.4 is 0 Å². The number of hydrogen-bond acceptors (Lipinski definition) is 2. The minimum atomic E-state index is -0.107. The van der Waals surface area contributed by atoms with Gasteiger partial charge in [0.05, 0.1) is 11.8 Å². The topological polar surface area (TPSA) is 48.9 Å². The van der Waals surface area contributed by atoms with Crippen molar-refractivity contribution < 1.29 is 5.11 Å². The second-order valence-electron chi connectivity index (χ2n) is 9.43. The molecule has 1 aromatic rings. The summed E-state index contributed by atoms with van der Waals surface area (Å²) in [5.41, 5.74) is 4.82. The lowest BCUT2D eigenvalue weighted by molar-refractivity contribution is -0.0238. The predicted molar refractivity (Wildman–Crippen MR) is 99.7 cm³/mol. The maximum absolute atomic E-state index is 10.1. The molecule has 5 rings (SSSR count). The van der Waals surface area contributed by atoms with Crippen LogP contribution in [-0.4, -0.2) is 21.4 Å². The van der Waals surface area contributed by atoms with Crippen molar-refractivity contribution in [1.82, 2.24) is 10.2 Å². The molecule has 0 aliphatic heterocycles. The van der Waals surface area contributed by atoms with Crippen molar-refractivity contribution in [2.24, 2.45) is 28.6 Å². The number of nitrogens with one attached hydrogen (secondary N) is 1. The number of aliphatic hydroxyl groups is 1. The van der Waals surface area contributed by atoms with E-state index in [1.807, 2.05) is 6.20 Å². The van der Waals surface area contributed by atoms with Gasteiger partial charge in [0, 0.05) is 6.20 Å². The van der Waals surface area contributed by atoms with Crippen molar-refractivity contribution >= 4 is 5.57 Å². The Labute approximate surface area is 150 Å². The summed E-state index contributed by atoms with van der Waals surface area (Å²) in [6, 6.07) is 2.13. The Morgan fingerprint density at radius 3 is 2.72 bits per heavy atom. The average molecular weight is 338 g/mol. The Morgan fingerprint density at radius 1 is 1.08 bits per heavy atom. The van der Waals surface area contributed by atoms with Gasteiger partial charge in [0.1, 0.15) is 0 Å². The largest absolute Gasteiger partial charge is 0.393 e. The van der Waals surface area contributed by atoms with E-state index in [1.54, 1.807) is 5.57 Å². The Morgan fingerprint density at radius 2 is 1.92 bits per heavy atom. The zero-order valence-electron chi connectivity index (χ0n) is 15.5. The lowest BCUT2D eigenvalue weighted by Crippen LogP contribution is -2.49. The van der Waals surface area contributed by atoms with Gasteiger partial charge in [-0.1, -0.05) is 31.6 Å². The zero-order valence-corrected chi connectivity index (χ0v) is 15.5. The molecule has 0 spiro atoms. The Balaban J connectivity index is 1.48. The fourth-order valence-electron chi connectivity index (χ4n) is 7.02. The van der Waals surface area contributed by atoms with Gasteiger partial charge in [-0.05, 0) is 85.2 Å². The van der Waals surface area contributed by atoms with Crippen LogP contribution in [0.3, 0.4) is 0 Å². The van der Waals surface area contributed by atoms with E-state index in [-0.39, 0.29) is 11.5 Å². The van der Waals surface area contributed by atoms with Crippen molar-refractivity contribution in [3.8, 4) is 0 Å². The molecule has 2 saturated carbocycles. The van der Waals surface area contributed by atoms with E-state index < -0.39 is 0 Å². The van der Waals surface area contributed by atoms with Crippen molar-refractivity contribution in [2.45, 2.75) is 64.9 Å². The Hall–Kier alpha value is -1.35. The van der Waals surface area contributed by atoms with Crippen LogP contribution in [-0.2, 0) is 0 Å². The summed E-state index contributed by atoms with van der Waals surface area (Å²) in [6.45, 7) is 4.99. The van der Waals surface area contributed by atoms with Gasteiger partial charge in [-0.3, -0.25) is 5.10 Å². The molecule has 4 aliphatic carbocycles. The highest BCUT2D eigenvalue weighted by Crippen LogP contribution is 2.66. The van der Waals surface area contributed by atoms with Crippen LogP contribution in [0.5, 0.6) is 0 Å². The van der Waals surface area contributed by atoms with Gasteiger partial charge >= 0.3 is 0 Å². The second kappa shape index (κ2) is 5.33. The number of nitrogens with zero attached hydrogens (tertiary/aromatic N) is 1. The molecule has 4 aliphatic rings. The van der Waals surface area contributed by atoms with Crippen molar-refractivity contribution in [1.29, 1.82) is 0 Å². The maximum atomic E-state index is 10.1. The predicted octanol–water partition coefficient (Wildman–Crippen LogP) is 4.73. The van der Waals surface area contributed by atoms with Gasteiger partial charge in [0.15, 0.2) is 0 Å². The van der Waals surface area contributed by atoms with Crippen molar-refractivity contribution in [3.63, 3.8) is 0 Å². The summed E-state index contributed by atoms with van der Waals surface area (Å²) in [4.78, 5) is 0.